The van der Waals surface area contributed by atoms with Gasteiger partial charge in [-0.3, -0.25) is 9.10 Å². The van der Waals surface area contributed by atoms with Gasteiger partial charge in [0.15, 0.2) is 0 Å². The summed E-state index contributed by atoms with van der Waals surface area (Å²) in [5.74, 6) is 0.481. The highest BCUT2D eigenvalue weighted by molar-refractivity contribution is 7.93. The lowest BCUT2D eigenvalue weighted by molar-refractivity contribution is -0.119. The molecule has 2 aromatic rings. The van der Waals surface area contributed by atoms with Crippen LogP contribution in [-0.2, 0) is 14.8 Å². The molecule has 0 spiro atoms. The van der Waals surface area contributed by atoms with Crippen LogP contribution >= 0.6 is 0 Å². The normalized spacial score (nSPS) is 10.6. The molecule has 0 aliphatic carbocycles. The smallest absolute Gasteiger partial charge is 0.335 e. The highest BCUT2D eigenvalue weighted by Gasteiger charge is 2.31. The third-order valence-corrected chi connectivity index (χ3v) is 5.64. The number of methoxy groups -OCH3 is 1. The number of terminal acetylenes is 1. The molecule has 0 aliphatic rings. The van der Waals surface area contributed by atoms with Gasteiger partial charge >= 0.3 is 5.97 Å². The molecule has 2 aromatic carbocycles. The zero-order valence-corrected chi connectivity index (χ0v) is 16.0. The van der Waals surface area contributed by atoms with Crippen molar-refractivity contribution in [1.82, 2.24) is 5.32 Å². The molecular formula is C19H18N2O6S. The van der Waals surface area contributed by atoms with Gasteiger partial charge in [0.25, 0.3) is 10.0 Å². The number of nitrogens with one attached hydrogen (secondary N) is 1. The summed E-state index contributed by atoms with van der Waals surface area (Å²) < 4.78 is 32.7. The van der Waals surface area contributed by atoms with Crippen molar-refractivity contribution in [3.63, 3.8) is 0 Å². The average molecular weight is 402 g/mol. The molecule has 0 aliphatic heterocycles. The maximum atomic E-state index is 13.4. The van der Waals surface area contributed by atoms with Gasteiger partial charge in [-0.2, -0.15) is 0 Å². The van der Waals surface area contributed by atoms with Crippen LogP contribution in [0.1, 0.15) is 15.9 Å². The molecule has 0 radical (unpaired) electrons. The second-order valence-corrected chi connectivity index (χ2v) is 7.38. The Kier molecular flexibility index (Phi) is 6.28. The number of sulfonamides is 1. The molecule has 0 fully saturated rings. The zero-order chi connectivity index (χ0) is 20.9. The monoisotopic (exact) mass is 402 g/mol. The van der Waals surface area contributed by atoms with Gasteiger partial charge in [-0.25, -0.2) is 13.2 Å². The molecule has 0 saturated carbocycles. The summed E-state index contributed by atoms with van der Waals surface area (Å²) in [7, 11) is -1.74. The Balaban J connectivity index is 2.71. The molecule has 9 heteroatoms. The van der Waals surface area contributed by atoms with E-state index in [9.17, 15) is 23.1 Å². The molecule has 0 bridgehead atoms. The molecule has 2 N–H and O–H groups in total. The number of carboxylic acids is 1. The minimum absolute atomic E-state index is 0.0555. The highest BCUT2D eigenvalue weighted by atomic mass is 32.2. The summed E-state index contributed by atoms with van der Waals surface area (Å²) >= 11 is 0. The van der Waals surface area contributed by atoms with E-state index in [1.165, 1.54) is 38.4 Å². The maximum absolute atomic E-state index is 13.4. The fourth-order valence-corrected chi connectivity index (χ4v) is 4.00. The standard InChI is InChI=1S/C19H18N2O6S/c1-4-13-6-5-7-15(10-13)21(12-18(22)20-2)28(25,26)17-11-14(19(23)24)8-9-16(17)27-3/h1,5-11H,12H2,2-3H3,(H,20,22)(H,23,24). The van der Waals surface area contributed by atoms with Gasteiger partial charge in [0.2, 0.25) is 5.91 Å². The van der Waals surface area contributed by atoms with Crippen molar-refractivity contribution in [2.24, 2.45) is 0 Å². The Bertz CT molecular complexity index is 1060. The van der Waals surface area contributed by atoms with Crippen LogP contribution in [0.4, 0.5) is 5.69 Å². The molecule has 0 aromatic heterocycles. The molecule has 2 rings (SSSR count). The number of amides is 1. The van der Waals surface area contributed by atoms with Crippen molar-refractivity contribution in [2.75, 3.05) is 25.0 Å². The average Bonchev–Trinajstić information content (AvgIpc) is 2.70. The Morgan fingerprint density at radius 2 is 1.96 bits per heavy atom. The van der Waals surface area contributed by atoms with E-state index >= 15 is 0 Å². The number of rotatable bonds is 7. The van der Waals surface area contributed by atoms with Gasteiger partial charge in [0, 0.05) is 12.6 Å². The number of carboxylic acid groups (broad SMARTS) is 1. The van der Waals surface area contributed by atoms with Crippen molar-refractivity contribution in [3.8, 4) is 18.1 Å². The minimum atomic E-state index is -4.37. The molecule has 28 heavy (non-hydrogen) atoms. The fraction of sp³-hybridized carbons (Fsp3) is 0.158. The van der Waals surface area contributed by atoms with Crippen molar-refractivity contribution in [3.05, 3.63) is 53.6 Å². The number of aromatic carboxylic acids is 1. The number of hydrogen-bond acceptors (Lipinski definition) is 5. The molecule has 1 amide bonds. The summed E-state index contributed by atoms with van der Waals surface area (Å²) in [6.45, 7) is -0.534. The summed E-state index contributed by atoms with van der Waals surface area (Å²) in [6, 6.07) is 9.54. The number of carbonyl (C=O) groups is 2. The number of benzene rings is 2. The predicted molar refractivity (Wildman–Crippen MR) is 103 cm³/mol. The van der Waals surface area contributed by atoms with Gasteiger partial charge < -0.3 is 15.2 Å². The minimum Gasteiger partial charge on any atom is -0.495 e. The van der Waals surface area contributed by atoms with Crippen LogP contribution in [0.2, 0.25) is 0 Å². The van der Waals surface area contributed by atoms with Crippen LogP contribution in [0.15, 0.2) is 47.4 Å². The molecular weight excluding hydrogens is 384 g/mol. The summed E-state index contributed by atoms with van der Waals surface area (Å²) in [6.07, 6.45) is 5.38. The van der Waals surface area contributed by atoms with Gasteiger partial charge in [0.1, 0.15) is 17.2 Å². The second kappa shape index (κ2) is 8.45. The second-order valence-electron chi connectivity index (χ2n) is 5.55. The zero-order valence-electron chi connectivity index (χ0n) is 15.2. The third-order valence-electron chi connectivity index (χ3n) is 3.85. The van der Waals surface area contributed by atoms with E-state index in [1.54, 1.807) is 12.1 Å². The summed E-state index contributed by atoms with van der Waals surface area (Å²) in [5, 5.41) is 11.6. The van der Waals surface area contributed by atoms with Crippen molar-refractivity contribution >= 4 is 27.6 Å². The maximum Gasteiger partial charge on any atom is 0.335 e. The molecule has 0 unspecified atom stereocenters. The Morgan fingerprint density at radius 1 is 1.25 bits per heavy atom. The van der Waals surface area contributed by atoms with Gasteiger partial charge in [-0.15, -0.1) is 6.42 Å². The first-order valence-electron chi connectivity index (χ1n) is 7.96. The number of hydrogen-bond donors (Lipinski definition) is 2. The van der Waals surface area contributed by atoms with E-state index in [2.05, 4.69) is 11.2 Å². The van der Waals surface area contributed by atoms with E-state index in [4.69, 9.17) is 11.2 Å². The van der Waals surface area contributed by atoms with Gasteiger partial charge in [0.05, 0.1) is 18.4 Å². The quantitative estimate of drug-likeness (QED) is 0.676. The number of likely N-dealkylation sites (N-methyl/N-ethyl adjacent to an activating group) is 1. The van der Waals surface area contributed by atoms with E-state index in [1.807, 2.05) is 0 Å². The number of carbonyl (C=O) groups excluding carboxylic acids is 1. The first-order valence-corrected chi connectivity index (χ1v) is 9.40. The summed E-state index contributed by atoms with van der Waals surface area (Å²) in [4.78, 5) is 22.9. The van der Waals surface area contributed by atoms with Gasteiger partial charge in [-0.1, -0.05) is 12.0 Å². The molecule has 146 valence electrons. The predicted octanol–water partition coefficient (Wildman–Crippen LogP) is 1.32. The molecule has 0 saturated heterocycles. The van der Waals surface area contributed by atoms with Crippen LogP contribution < -0.4 is 14.4 Å². The van der Waals surface area contributed by atoms with E-state index < -0.39 is 28.4 Å². The van der Waals surface area contributed by atoms with E-state index in [-0.39, 0.29) is 21.9 Å². The highest BCUT2D eigenvalue weighted by Crippen LogP contribution is 2.31. The lowest BCUT2D eigenvalue weighted by atomic mass is 10.2. The van der Waals surface area contributed by atoms with E-state index in [0.717, 1.165) is 10.4 Å². The molecule has 0 atom stereocenters. The summed E-state index contributed by atoms with van der Waals surface area (Å²) in [5.41, 5.74) is 0.333. The van der Waals surface area contributed by atoms with Crippen molar-refractivity contribution in [1.29, 1.82) is 0 Å². The number of anilines is 1. The lowest BCUT2D eigenvalue weighted by Crippen LogP contribution is -2.40. The van der Waals surface area contributed by atoms with Crippen LogP contribution in [0.25, 0.3) is 0 Å². The SMILES string of the molecule is C#Cc1cccc(N(CC(=O)NC)S(=O)(=O)c2cc(C(=O)O)ccc2OC)c1. The Labute approximate surface area is 162 Å². The number of nitrogens with zero attached hydrogens (tertiary/aromatic N) is 1. The Morgan fingerprint density at radius 3 is 2.54 bits per heavy atom. The van der Waals surface area contributed by atoms with E-state index in [0.29, 0.717) is 5.56 Å². The number of ether oxygens (including phenoxy) is 1. The molecule has 0 heterocycles. The topological polar surface area (TPSA) is 113 Å². The van der Waals surface area contributed by atoms with Crippen LogP contribution in [0.5, 0.6) is 5.75 Å². The first kappa shape index (κ1) is 20.8. The van der Waals surface area contributed by atoms with Crippen molar-refractivity contribution in [2.45, 2.75) is 4.90 Å². The molecule has 8 nitrogen and oxygen atoms in total. The largest absolute Gasteiger partial charge is 0.495 e. The van der Waals surface area contributed by atoms with Crippen LogP contribution in [-0.4, -0.2) is 46.1 Å². The van der Waals surface area contributed by atoms with Crippen LogP contribution in [0.3, 0.4) is 0 Å². The Hall–Kier alpha value is -3.51. The lowest BCUT2D eigenvalue weighted by Gasteiger charge is -2.25. The van der Waals surface area contributed by atoms with Crippen molar-refractivity contribution < 1.29 is 27.9 Å². The fourth-order valence-electron chi connectivity index (χ4n) is 2.41. The van der Waals surface area contributed by atoms with Crippen LogP contribution in [0, 0.1) is 12.3 Å². The third kappa shape index (κ3) is 4.24. The van der Waals surface area contributed by atoms with Gasteiger partial charge in [-0.05, 0) is 36.4 Å². The first-order chi connectivity index (χ1) is 13.2.